The summed E-state index contributed by atoms with van der Waals surface area (Å²) >= 11 is 0. The summed E-state index contributed by atoms with van der Waals surface area (Å²) in [7, 11) is 0.574. The lowest BCUT2D eigenvalue weighted by Crippen LogP contribution is -2.32. The second-order valence-corrected chi connectivity index (χ2v) is 10.2. The number of methoxy groups -OCH3 is 1. The van der Waals surface area contributed by atoms with Crippen LogP contribution in [0.2, 0.25) is 0 Å². The number of benzene rings is 2. The molecule has 2 aromatic rings. The monoisotopic (exact) mass is 499 g/mol. The third-order valence-corrected chi connectivity index (χ3v) is 7.60. The van der Waals surface area contributed by atoms with E-state index in [4.69, 9.17) is 4.74 Å². The molecule has 0 atom stereocenters. The summed E-state index contributed by atoms with van der Waals surface area (Å²) in [5.74, 6) is -0.801. The molecule has 0 unspecified atom stereocenters. The van der Waals surface area contributed by atoms with Crippen LogP contribution in [0, 0.1) is 0 Å². The Morgan fingerprint density at radius 2 is 1.68 bits per heavy atom. The molecule has 2 aromatic carbocycles. The molecule has 0 saturated carbocycles. The minimum atomic E-state index is -4.70. The van der Waals surface area contributed by atoms with Crippen LogP contribution in [0.1, 0.15) is 41.6 Å². The minimum Gasteiger partial charge on any atom is -0.495 e. The predicted octanol–water partition coefficient (Wildman–Crippen LogP) is 4.60. The van der Waals surface area contributed by atoms with E-state index in [2.05, 4.69) is 5.32 Å². The van der Waals surface area contributed by atoms with Crippen LogP contribution in [-0.4, -0.2) is 52.9 Å². The van der Waals surface area contributed by atoms with Crippen LogP contribution in [0.25, 0.3) is 0 Å². The second kappa shape index (κ2) is 10.2. The number of alkyl halides is 3. The molecule has 0 spiro atoms. The van der Waals surface area contributed by atoms with Gasteiger partial charge in [0.05, 0.1) is 18.4 Å². The van der Waals surface area contributed by atoms with Crippen LogP contribution in [0.3, 0.4) is 0 Å². The average molecular weight is 500 g/mol. The van der Waals surface area contributed by atoms with Crippen LogP contribution in [-0.2, 0) is 16.2 Å². The van der Waals surface area contributed by atoms with Crippen molar-refractivity contribution in [2.45, 2.75) is 36.8 Å². The van der Waals surface area contributed by atoms with Gasteiger partial charge in [-0.3, -0.25) is 4.79 Å². The van der Waals surface area contributed by atoms with Gasteiger partial charge in [-0.1, -0.05) is 12.8 Å². The highest BCUT2D eigenvalue weighted by Crippen LogP contribution is 2.37. The zero-order valence-electron chi connectivity index (χ0n) is 19.3. The number of carbonyl (C=O) groups excluding carboxylic acids is 1. The normalized spacial score (nSPS) is 15.5. The van der Waals surface area contributed by atoms with Gasteiger partial charge in [-0.05, 0) is 49.2 Å². The van der Waals surface area contributed by atoms with Crippen LogP contribution < -0.4 is 15.0 Å². The molecule has 0 radical (unpaired) electrons. The van der Waals surface area contributed by atoms with Crippen molar-refractivity contribution < 1.29 is 31.1 Å². The van der Waals surface area contributed by atoms with E-state index in [-0.39, 0.29) is 16.2 Å². The number of nitrogens with one attached hydrogen (secondary N) is 1. The average Bonchev–Trinajstić information content (AvgIpc) is 3.08. The lowest BCUT2D eigenvalue weighted by atomic mass is 10.1. The van der Waals surface area contributed by atoms with Crippen LogP contribution in [0.5, 0.6) is 5.75 Å². The van der Waals surface area contributed by atoms with Gasteiger partial charge in [0.2, 0.25) is 10.0 Å². The maximum absolute atomic E-state index is 13.6. The molecule has 34 heavy (non-hydrogen) atoms. The summed E-state index contributed by atoms with van der Waals surface area (Å²) in [5, 5.41) is 2.28. The molecule has 1 amide bonds. The molecule has 0 aliphatic carbocycles. The third-order valence-electron chi connectivity index (χ3n) is 5.68. The Labute approximate surface area is 197 Å². The van der Waals surface area contributed by atoms with Crippen molar-refractivity contribution in [3.8, 4) is 5.75 Å². The maximum Gasteiger partial charge on any atom is 0.418 e. The highest BCUT2D eigenvalue weighted by Gasteiger charge is 2.35. The molecule has 1 aliphatic rings. The molecule has 3 rings (SSSR count). The zero-order chi connectivity index (χ0) is 25.1. The van der Waals surface area contributed by atoms with E-state index < -0.39 is 33.4 Å². The summed E-state index contributed by atoms with van der Waals surface area (Å²) in [4.78, 5) is 14.2. The van der Waals surface area contributed by atoms with Gasteiger partial charge in [0.1, 0.15) is 10.6 Å². The Balaban J connectivity index is 1.97. The predicted molar refractivity (Wildman–Crippen MR) is 124 cm³/mol. The minimum absolute atomic E-state index is 0.0621. The Kier molecular flexibility index (Phi) is 7.77. The number of ether oxygens (including phenoxy) is 1. The molecular formula is C23H28F3N3O4S. The number of nitrogens with zero attached hydrogens (tertiary/aromatic N) is 2. The zero-order valence-corrected chi connectivity index (χ0v) is 20.1. The maximum atomic E-state index is 13.6. The summed E-state index contributed by atoms with van der Waals surface area (Å²) in [5.41, 5.74) is -1.20. The molecule has 186 valence electrons. The molecule has 7 nitrogen and oxygen atoms in total. The SMILES string of the molecule is COc1ccc(C(=O)Nc2ccc(N(C)C)cc2C(F)(F)F)cc1S(=O)(=O)N1CCCCCC1. The van der Waals surface area contributed by atoms with E-state index in [1.165, 1.54) is 40.6 Å². The number of hydrogen-bond donors (Lipinski definition) is 1. The third kappa shape index (κ3) is 5.64. The molecule has 1 saturated heterocycles. The first-order valence-electron chi connectivity index (χ1n) is 10.8. The quantitative estimate of drug-likeness (QED) is 0.629. The van der Waals surface area contributed by atoms with Crippen LogP contribution in [0.4, 0.5) is 24.5 Å². The van der Waals surface area contributed by atoms with Gasteiger partial charge in [-0.25, -0.2) is 8.42 Å². The van der Waals surface area contributed by atoms with Gasteiger partial charge >= 0.3 is 6.18 Å². The fraction of sp³-hybridized carbons (Fsp3) is 0.435. The number of carbonyl (C=O) groups is 1. The molecule has 1 aliphatic heterocycles. The standard InChI is InChI=1S/C23H28F3N3O4S/c1-28(2)17-9-10-19(18(15-17)23(24,25)26)27-22(30)16-8-11-20(33-3)21(14-16)34(31,32)29-12-6-4-5-7-13-29/h8-11,14-15H,4-7,12-13H2,1-3H3,(H,27,30). The number of sulfonamides is 1. The van der Waals surface area contributed by atoms with E-state index in [1.54, 1.807) is 14.1 Å². The summed E-state index contributed by atoms with van der Waals surface area (Å²) in [6.07, 6.45) is -1.38. The van der Waals surface area contributed by atoms with E-state index >= 15 is 0 Å². The van der Waals surface area contributed by atoms with Gasteiger partial charge in [0, 0.05) is 38.4 Å². The van der Waals surface area contributed by atoms with E-state index in [1.807, 2.05) is 0 Å². The Hall–Kier alpha value is -2.79. The summed E-state index contributed by atoms with van der Waals surface area (Å²) in [6.45, 7) is 0.712. The molecule has 1 N–H and O–H groups in total. The fourth-order valence-corrected chi connectivity index (χ4v) is 5.49. The number of rotatable bonds is 6. The number of anilines is 2. The van der Waals surface area contributed by atoms with Crippen molar-refractivity contribution in [3.05, 3.63) is 47.5 Å². The first-order chi connectivity index (χ1) is 15.9. The van der Waals surface area contributed by atoms with Crippen molar-refractivity contribution in [2.24, 2.45) is 0 Å². The highest BCUT2D eigenvalue weighted by molar-refractivity contribution is 7.89. The van der Waals surface area contributed by atoms with Crippen molar-refractivity contribution >= 4 is 27.3 Å². The number of halogens is 3. The topological polar surface area (TPSA) is 79.0 Å². The Morgan fingerprint density at radius 1 is 1.03 bits per heavy atom. The number of amides is 1. The molecule has 0 bridgehead atoms. The van der Waals surface area contributed by atoms with Gasteiger partial charge < -0.3 is 15.0 Å². The number of hydrogen-bond acceptors (Lipinski definition) is 5. The summed E-state index contributed by atoms with van der Waals surface area (Å²) in [6, 6.07) is 7.37. The van der Waals surface area contributed by atoms with Gasteiger partial charge in [-0.2, -0.15) is 17.5 Å². The van der Waals surface area contributed by atoms with Gasteiger partial charge in [0.25, 0.3) is 5.91 Å². The lowest BCUT2D eigenvalue weighted by Gasteiger charge is -2.22. The first kappa shape index (κ1) is 25.8. The molecular weight excluding hydrogens is 471 g/mol. The van der Waals surface area contributed by atoms with Crippen molar-refractivity contribution in [1.29, 1.82) is 0 Å². The van der Waals surface area contributed by atoms with Crippen LogP contribution >= 0.6 is 0 Å². The first-order valence-corrected chi connectivity index (χ1v) is 12.3. The lowest BCUT2D eigenvalue weighted by molar-refractivity contribution is -0.136. The second-order valence-electron chi connectivity index (χ2n) is 8.26. The van der Waals surface area contributed by atoms with E-state index in [0.29, 0.717) is 18.8 Å². The van der Waals surface area contributed by atoms with E-state index in [9.17, 15) is 26.4 Å². The van der Waals surface area contributed by atoms with Crippen molar-refractivity contribution in [1.82, 2.24) is 4.31 Å². The van der Waals surface area contributed by atoms with Gasteiger partial charge in [-0.15, -0.1) is 0 Å². The molecule has 0 aromatic heterocycles. The fourth-order valence-electron chi connectivity index (χ4n) is 3.79. The molecule has 1 fully saturated rings. The largest absolute Gasteiger partial charge is 0.495 e. The van der Waals surface area contributed by atoms with Gasteiger partial charge in [0.15, 0.2) is 0 Å². The van der Waals surface area contributed by atoms with E-state index in [0.717, 1.165) is 37.8 Å². The van der Waals surface area contributed by atoms with Crippen LogP contribution in [0.15, 0.2) is 41.3 Å². The highest BCUT2D eigenvalue weighted by atomic mass is 32.2. The Bertz CT molecular complexity index is 1140. The molecule has 11 heteroatoms. The smallest absolute Gasteiger partial charge is 0.418 e. The Morgan fingerprint density at radius 3 is 2.24 bits per heavy atom. The van der Waals surface area contributed by atoms with Crippen molar-refractivity contribution in [3.63, 3.8) is 0 Å². The summed E-state index contributed by atoms with van der Waals surface area (Å²) < 4.78 is 74.1. The van der Waals surface area contributed by atoms with Crippen molar-refractivity contribution in [2.75, 3.05) is 44.5 Å². The molecule has 1 heterocycles.